The highest BCUT2D eigenvalue weighted by Gasteiger charge is 2.27. The molecule has 0 saturated heterocycles. The van der Waals surface area contributed by atoms with E-state index in [0.717, 1.165) is 11.1 Å². The molecule has 0 aliphatic carbocycles. The summed E-state index contributed by atoms with van der Waals surface area (Å²) in [6.07, 6.45) is 0. The number of benzene rings is 2. The minimum Gasteiger partial charge on any atom is -0.150 e. The SMILES string of the molecule is Cc1cccc(C(N=O)C(N=O)c2cccc(C)c2)c1. The molecule has 2 rings (SSSR count). The van der Waals surface area contributed by atoms with Gasteiger partial charge in [0.2, 0.25) is 0 Å². The number of rotatable bonds is 5. The van der Waals surface area contributed by atoms with Crippen LogP contribution in [0.15, 0.2) is 58.9 Å². The van der Waals surface area contributed by atoms with Gasteiger partial charge in [-0.25, -0.2) is 0 Å². The third-order valence-electron chi connectivity index (χ3n) is 3.29. The van der Waals surface area contributed by atoms with Crippen molar-refractivity contribution in [1.29, 1.82) is 0 Å². The van der Waals surface area contributed by atoms with Crippen LogP contribution in [0.25, 0.3) is 0 Å². The molecule has 4 heteroatoms. The maximum Gasteiger partial charge on any atom is 0.147 e. The van der Waals surface area contributed by atoms with Crippen LogP contribution in [0.5, 0.6) is 0 Å². The van der Waals surface area contributed by atoms with E-state index in [0.29, 0.717) is 11.1 Å². The minimum absolute atomic E-state index is 0.714. The molecule has 0 saturated carbocycles. The molecule has 0 spiro atoms. The average Bonchev–Trinajstić information content (AvgIpc) is 2.44. The summed E-state index contributed by atoms with van der Waals surface area (Å²) in [4.78, 5) is 22.5. The zero-order valence-electron chi connectivity index (χ0n) is 11.5. The second-order valence-corrected chi connectivity index (χ2v) is 4.93. The molecule has 2 unspecified atom stereocenters. The van der Waals surface area contributed by atoms with Crippen LogP contribution >= 0.6 is 0 Å². The van der Waals surface area contributed by atoms with Gasteiger partial charge in [-0.1, -0.05) is 70.0 Å². The first-order valence-corrected chi connectivity index (χ1v) is 6.43. The largest absolute Gasteiger partial charge is 0.150 e. The predicted octanol–water partition coefficient (Wildman–Crippen LogP) is 4.62. The summed E-state index contributed by atoms with van der Waals surface area (Å²) in [6, 6.07) is 13.3. The third-order valence-corrected chi connectivity index (χ3v) is 3.29. The summed E-state index contributed by atoms with van der Waals surface area (Å²) in [5.41, 5.74) is 3.47. The highest BCUT2D eigenvalue weighted by molar-refractivity contribution is 5.32. The van der Waals surface area contributed by atoms with Crippen LogP contribution in [0, 0.1) is 23.7 Å². The van der Waals surface area contributed by atoms with Crippen LogP contribution in [0.4, 0.5) is 0 Å². The Bertz CT molecular complexity index is 570. The lowest BCUT2D eigenvalue weighted by Crippen LogP contribution is -2.07. The first-order chi connectivity index (χ1) is 9.65. The Morgan fingerprint density at radius 3 is 1.45 bits per heavy atom. The molecule has 0 aromatic heterocycles. The topological polar surface area (TPSA) is 58.9 Å². The van der Waals surface area contributed by atoms with Crippen molar-refractivity contribution >= 4 is 0 Å². The monoisotopic (exact) mass is 268 g/mol. The molecule has 0 bridgehead atoms. The Balaban J connectivity index is 2.42. The van der Waals surface area contributed by atoms with Gasteiger partial charge in [0.1, 0.15) is 12.1 Å². The Hall–Kier alpha value is -2.36. The molecule has 4 nitrogen and oxygen atoms in total. The quantitative estimate of drug-likeness (QED) is 0.743. The highest BCUT2D eigenvalue weighted by atomic mass is 16.3. The second-order valence-electron chi connectivity index (χ2n) is 4.93. The number of aryl methyl sites for hydroxylation is 2. The highest BCUT2D eigenvalue weighted by Crippen LogP contribution is 2.35. The standard InChI is InChI=1S/C16H16N2O2/c1-11-5-3-7-13(9-11)15(17-19)16(18-20)14-8-4-6-12(2)10-14/h3-10,15-16H,1-2H3. The summed E-state index contributed by atoms with van der Waals surface area (Å²) in [6.45, 7) is 3.86. The lowest BCUT2D eigenvalue weighted by Gasteiger charge is -2.16. The molecule has 0 heterocycles. The Kier molecular flexibility index (Phi) is 4.35. The summed E-state index contributed by atoms with van der Waals surface area (Å²) in [5, 5.41) is 6.27. The van der Waals surface area contributed by atoms with Gasteiger partial charge >= 0.3 is 0 Å². The van der Waals surface area contributed by atoms with E-state index in [1.807, 2.05) is 50.2 Å². The van der Waals surface area contributed by atoms with Crippen molar-refractivity contribution in [3.05, 3.63) is 80.6 Å². The van der Waals surface area contributed by atoms with Gasteiger partial charge in [0.25, 0.3) is 0 Å². The summed E-state index contributed by atoms with van der Waals surface area (Å²) >= 11 is 0. The number of nitrogens with zero attached hydrogens (tertiary/aromatic N) is 2. The Labute approximate surface area is 117 Å². The van der Waals surface area contributed by atoms with Crippen LogP contribution in [0.1, 0.15) is 34.3 Å². The molecule has 0 aliphatic heterocycles. The molecular formula is C16H16N2O2. The van der Waals surface area contributed by atoms with Crippen molar-refractivity contribution in [3.63, 3.8) is 0 Å². The molecule has 102 valence electrons. The van der Waals surface area contributed by atoms with Crippen molar-refractivity contribution in [2.75, 3.05) is 0 Å². The predicted molar refractivity (Wildman–Crippen MR) is 79.4 cm³/mol. The average molecular weight is 268 g/mol. The fraction of sp³-hybridized carbons (Fsp3) is 0.250. The van der Waals surface area contributed by atoms with E-state index in [1.165, 1.54) is 0 Å². The van der Waals surface area contributed by atoms with Crippen LogP contribution in [0.3, 0.4) is 0 Å². The van der Waals surface area contributed by atoms with E-state index >= 15 is 0 Å². The van der Waals surface area contributed by atoms with Crippen LogP contribution < -0.4 is 0 Å². The van der Waals surface area contributed by atoms with E-state index in [4.69, 9.17) is 0 Å². The van der Waals surface area contributed by atoms with Crippen molar-refractivity contribution in [3.8, 4) is 0 Å². The van der Waals surface area contributed by atoms with Gasteiger partial charge in [-0.2, -0.15) is 9.81 Å². The van der Waals surface area contributed by atoms with E-state index in [-0.39, 0.29) is 0 Å². The zero-order chi connectivity index (χ0) is 14.5. The lowest BCUT2D eigenvalue weighted by molar-refractivity contribution is 0.571. The minimum atomic E-state index is -0.797. The van der Waals surface area contributed by atoms with E-state index in [9.17, 15) is 9.81 Å². The smallest absolute Gasteiger partial charge is 0.147 e. The van der Waals surface area contributed by atoms with Crippen LogP contribution in [-0.4, -0.2) is 0 Å². The summed E-state index contributed by atoms with van der Waals surface area (Å²) in [5.74, 6) is 0. The number of hydrogen-bond donors (Lipinski definition) is 0. The van der Waals surface area contributed by atoms with Gasteiger partial charge in [-0.3, -0.25) is 0 Å². The zero-order valence-corrected chi connectivity index (χ0v) is 11.5. The lowest BCUT2D eigenvalue weighted by atomic mass is 9.93. The van der Waals surface area contributed by atoms with Gasteiger partial charge in [0.15, 0.2) is 0 Å². The molecule has 0 radical (unpaired) electrons. The number of hydrogen-bond acceptors (Lipinski definition) is 4. The Morgan fingerprint density at radius 2 is 1.15 bits per heavy atom. The van der Waals surface area contributed by atoms with Gasteiger partial charge in [-0.05, 0) is 25.0 Å². The van der Waals surface area contributed by atoms with Crippen molar-refractivity contribution in [1.82, 2.24) is 0 Å². The van der Waals surface area contributed by atoms with E-state index in [2.05, 4.69) is 10.4 Å². The Morgan fingerprint density at radius 1 is 0.750 bits per heavy atom. The molecule has 2 aromatic carbocycles. The van der Waals surface area contributed by atoms with Gasteiger partial charge in [-0.15, -0.1) is 0 Å². The van der Waals surface area contributed by atoms with Crippen molar-refractivity contribution in [2.45, 2.75) is 25.9 Å². The van der Waals surface area contributed by atoms with E-state index < -0.39 is 12.1 Å². The third kappa shape index (κ3) is 2.96. The van der Waals surface area contributed by atoms with Crippen LogP contribution in [-0.2, 0) is 0 Å². The molecule has 20 heavy (non-hydrogen) atoms. The van der Waals surface area contributed by atoms with Gasteiger partial charge in [0, 0.05) is 0 Å². The molecule has 2 atom stereocenters. The fourth-order valence-electron chi connectivity index (χ4n) is 2.31. The van der Waals surface area contributed by atoms with Crippen molar-refractivity contribution in [2.24, 2.45) is 10.4 Å². The van der Waals surface area contributed by atoms with Gasteiger partial charge < -0.3 is 0 Å². The summed E-state index contributed by atoms with van der Waals surface area (Å²) < 4.78 is 0. The van der Waals surface area contributed by atoms with Crippen LogP contribution in [0.2, 0.25) is 0 Å². The molecule has 0 amide bonds. The molecular weight excluding hydrogens is 252 g/mol. The maximum atomic E-state index is 11.2. The first-order valence-electron chi connectivity index (χ1n) is 6.43. The first kappa shape index (κ1) is 14.1. The molecule has 0 aliphatic rings. The normalized spacial score (nSPS) is 13.5. The van der Waals surface area contributed by atoms with Crippen molar-refractivity contribution < 1.29 is 0 Å². The summed E-state index contributed by atoms with van der Waals surface area (Å²) in [7, 11) is 0. The molecule has 2 aromatic rings. The van der Waals surface area contributed by atoms with E-state index in [1.54, 1.807) is 12.1 Å². The molecule has 0 fully saturated rings. The fourth-order valence-corrected chi connectivity index (χ4v) is 2.31. The second kappa shape index (κ2) is 6.19. The number of nitroso groups, excluding NO2 is 2. The maximum absolute atomic E-state index is 11.2. The van der Waals surface area contributed by atoms with Gasteiger partial charge in [0.05, 0.1) is 0 Å². The molecule has 0 N–H and O–H groups in total.